The smallest absolute Gasteiger partial charge is 0.330 e. The third-order valence-electron chi connectivity index (χ3n) is 7.09. The van der Waals surface area contributed by atoms with E-state index in [0.29, 0.717) is 5.56 Å². The number of aromatic hydroxyl groups is 5. The lowest BCUT2D eigenvalue weighted by atomic mass is 9.99. The standard InChI is InChI=1S/C31H28O15/c1-42-20-8-13(2-5-17(20)33)3-7-23(36)43-12-22-25(37)27(39)29(41)31(46-22)44-15-10-19(35)24-21(11-15)45-30(28(40)26(24)38)14-4-6-16(32)18(34)9-14/h2-11,22,25,27,29,31-35,37,39-41H,12H2,1H3. The molecule has 4 aromatic rings. The van der Waals surface area contributed by atoms with Crippen LogP contribution >= 0.6 is 0 Å². The van der Waals surface area contributed by atoms with Gasteiger partial charge in [-0.05, 0) is 42.0 Å². The van der Waals surface area contributed by atoms with Crippen LogP contribution < -0.4 is 14.9 Å². The fourth-order valence-corrected chi connectivity index (χ4v) is 4.65. The number of methoxy groups -OCH3 is 1. The van der Waals surface area contributed by atoms with Crippen LogP contribution in [-0.2, 0) is 14.3 Å². The number of carbonyl (C=O) groups is 1. The van der Waals surface area contributed by atoms with Crippen LogP contribution in [0.25, 0.3) is 28.4 Å². The van der Waals surface area contributed by atoms with Crippen molar-refractivity contribution in [3.05, 3.63) is 70.4 Å². The second kappa shape index (κ2) is 12.9. The van der Waals surface area contributed by atoms with Crippen molar-refractivity contribution in [2.75, 3.05) is 13.7 Å². The molecule has 1 aliphatic heterocycles. The molecule has 242 valence electrons. The number of ether oxygens (including phenoxy) is 4. The Hall–Kier alpha value is -5.48. The third-order valence-corrected chi connectivity index (χ3v) is 7.09. The number of phenols is 4. The van der Waals surface area contributed by atoms with E-state index < -0.39 is 82.9 Å². The monoisotopic (exact) mass is 640 g/mol. The molecular formula is C31H28O15. The van der Waals surface area contributed by atoms with Crippen LogP contribution in [0.15, 0.2) is 63.8 Å². The van der Waals surface area contributed by atoms with Crippen LogP contribution in [0.4, 0.5) is 0 Å². The first kappa shape index (κ1) is 31.9. The summed E-state index contributed by atoms with van der Waals surface area (Å²) in [4.78, 5) is 25.2. The Balaban J connectivity index is 1.33. The summed E-state index contributed by atoms with van der Waals surface area (Å²) in [5.41, 5.74) is -0.808. The normalized spacial score (nSPS) is 21.3. The molecule has 0 bridgehead atoms. The fraction of sp³-hybridized carbons (Fsp3) is 0.226. The van der Waals surface area contributed by atoms with Gasteiger partial charge in [0.1, 0.15) is 53.5 Å². The van der Waals surface area contributed by atoms with Crippen molar-refractivity contribution in [3.8, 4) is 51.6 Å². The lowest BCUT2D eigenvalue weighted by molar-refractivity contribution is -0.278. The lowest BCUT2D eigenvalue weighted by Crippen LogP contribution is -2.60. The van der Waals surface area contributed by atoms with Crippen LogP contribution in [0.5, 0.6) is 40.2 Å². The van der Waals surface area contributed by atoms with Crippen LogP contribution in [-0.4, -0.2) is 91.2 Å². The van der Waals surface area contributed by atoms with Crippen LogP contribution in [0, 0.1) is 0 Å². The van der Waals surface area contributed by atoms with Crippen LogP contribution in [0.2, 0.25) is 0 Å². The van der Waals surface area contributed by atoms with Gasteiger partial charge < -0.3 is 64.2 Å². The van der Waals surface area contributed by atoms with Gasteiger partial charge in [-0.3, -0.25) is 4.79 Å². The number of hydrogen-bond acceptors (Lipinski definition) is 15. The van der Waals surface area contributed by atoms with Crippen molar-refractivity contribution in [3.63, 3.8) is 0 Å². The van der Waals surface area contributed by atoms with Crippen molar-refractivity contribution in [2.24, 2.45) is 0 Å². The van der Waals surface area contributed by atoms with E-state index >= 15 is 0 Å². The van der Waals surface area contributed by atoms with E-state index in [2.05, 4.69) is 0 Å². The zero-order valence-electron chi connectivity index (χ0n) is 23.8. The first-order valence-corrected chi connectivity index (χ1v) is 13.5. The van der Waals surface area contributed by atoms with E-state index in [9.17, 15) is 50.4 Å². The minimum Gasteiger partial charge on any atom is -0.507 e. The maximum absolute atomic E-state index is 12.9. The Labute approximate surface area is 258 Å². The Morgan fingerprint density at radius 1 is 0.870 bits per heavy atom. The average Bonchev–Trinajstić information content (AvgIpc) is 3.03. The molecule has 1 aromatic heterocycles. The molecule has 2 heterocycles. The minimum absolute atomic E-state index is 0.00998. The summed E-state index contributed by atoms with van der Waals surface area (Å²) in [5.74, 6) is -4.00. The number of phenolic OH excluding ortho intramolecular Hbond substituents is 4. The number of aliphatic hydroxyl groups excluding tert-OH is 3. The third kappa shape index (κ3) is 6.33. The number of fused-ring (bicyclic) bond motifs is 1. The number of aliphatic hydroxyl groups is 3. The predicted molar refractivity (Wildman–Crippen MR) is 157 cm³/mol. The Bertz CT molecular complexity index is 1860. The lowest BCUT2D eigenvalue weighted by Gasteiger charge is -2.39. The second-order valence-electron chi connectivity index (χ2n) is 10.2. The molecule has 46 heavy (non-hydrogen) atoms. The number of benzene rings is 3. The van der Waals surface area contributed by atoms with E-state index in [-0.39, 0.29) is 28.4 Å². The highest BCUT2D eigenvalue weighted by atomic mass is 16.7. The number of carbonyl (C=O) groups excluding carboxylic acids is 1. The van der Waals surface area contributed by atoms with Gasteiger partial charge in [-0.15, -0.1) is 0 Å². The molecule has 1 saturated heterocycles. The summed E-state index contributed by atoms with van der Waals surface area (Å²) in [5, 5.41) is 81.1. The summed E-state index contributed by atoms with van der Waals surface area (Å²) in [6, 6.07) is 9.83. The van der Waals surface area contributed by atoms with Crippen molar-refractivity contribution in [1.82, 2.24) is 0 Å². The first-order chi connectivity index (χ1) is 21.9. The van der Waals surface area contributed by atoms with Gasteiger partial charge in [-0.1, -0.05) is 6.07 Å². The molecule has 1 fully saturated rings. The highest BCUT2D eigenvalue weighted by molar-refractivity contribution is 5.88. The van der Waals surface area contributed by atoms with Crippen LogP contribution in [0.3, 0.4) is 0 Å². The molecule has 15 heteroatoms. The molecule has 15 nitrogen and oxygen atoms in total. The summed E-state index contributed by atoms with van der Waals surface area (Å²) < 4.78 is 26.9. The maximum Gasteiger partial charge on any atom is 0.330 e. The topological polar surface area (TPSA) is 246 Å². The van der Waals surface area contributed by atoms with Gasteiger partial charge in [-0.2, -0.15) is 0 Å². The molecular weight excluding hydrogens is 612 g/mol. The molecule has 0 spiro atoms. The zero-order valence-corrected chi connectivity index (χ0v) is 23.8. The molecule has 5 unspecified atom stereocenters. The van der Waals surface area contributed by atoms with E-state index in [4.69, 9.17) is 23.4 Å². The highest BCUT2D eigenvalue weighted by Crippen LogP contribution is 2.38. The first-order valence-electron chi connectivity index (χ1n) is 13.5. The van der Waals surface area contributed by atoms with E-state index in [1.165, 1.54) is 37.5 Å². The van der Waals surface area contributed by atoms with Gasteiger partial charge in [0.15, 0.2) is 28.8 Å². The highest BCUT2D eigenvalue weighted by Gasteiger charge is 2.45. The van der Waals surface area contributed by atoms with Crippen molar-refractivity contribution in [1.29, 1.82) is 0 Å². The number of hydrogen-bond donors (Lipinski definition) is 8. The molecule has 0 radical (unpaired) electrons. The quantitative estimate of drug-likeness (QED) is 0.0771. The fourth-order valence-electron chi connectivity index (χ4n) is 4.65. The van der Waals surface area contributed by atoms with Gasteiger partial charge in [0.25, 0.3) is 0 Å². The summed E-state index contributed by atoms with van der Waals surface area (Å²) in [6.45, 7) is -0.577. The average molecular weight is 641 g/mol. The Morgan fingerprint density at radius 2 is 1.61 bits per heavy atom. The van der Waals surface area contributed by atoms with E-state index in [1.807, 2.05) is 0 Å². The molecule has 8 N–H and O–H groups in total. The number of rotatable bonds is 8. The Morgan fingerprint density at radius 3 is 2.33 bits per heavy atom. The molecule has 1 aliphatic rings. The van der Waals surface area contributed by atoms with Crippen molar-refractivity contribution >= 4 is 23.0 Å². The number of esters is 1. The molecule has 5 rings (SSSR count). The van der Waals surface area contributed by atoms with Crippen molar-refractivity contribution in [2.45, 2.75) is 30.7 Å². The zero-order chi connectivity index (χ0) is 33.3. The molecule has 3 aromatic carbocycles. The van der Waals surface area contributed by atoms with Gasteiger partial charge in [-0.25, -0.2) is 4.79 Å². The van der Waals surface area contributed by atoms with Gasteiger partial charge in [0.05, 0.1) is 7.11 Å². The van der Waals surface area contributed by atoms with E-state index in [0.717, 1.165) is 30.3 Å². The SMILES string of the molecule is COc1cc(C=CC(=O)OCC2OC(Oc3cc(O)c4c(=O)c(O)c(-c5ccc(O)c(O)c5)oc4c3)C(O)C(O)C2O)ccc1O. The second-order valence-corrected chi connectivity index (χ2v) is 10.2. The largest absolute Gasteiger partial charge is 0.507 e. The summed E-state index contributed by atoms with van der Waals surface area (Å²) in [7, 11) is 1.36. The van der Waals surface area contributed by atoms with Crippen LogP contribution in [0.1, 0.15) is 5.56 Å². The van der Waals surface area contributed by atoms with E-state index in [1.54, 1.807) is 0 Å². The predicted octanol–water partition coefficient (Wildman–Crippen LogP) is 1.44. The van der Waals surface area contributed by atoms with Gasteiger partial charge in [0.2, 0.25) is 17.5 Å². The molecule has 0 amide bonds. The minimum atomic E-state index is -1.83. The van der Waals surface area contributed by atoms with Crippen molar-refractivity contribution < 1.29 is 69.0 Å². The molecule has 0 aliphatic carbocycles. The Kier molecular flexibility index (Phi) is 8.93. The molecule has 5 atom stereocenters. The molecule has 0 saturated carbocycles. The van der Waals surface area contributed by atoms with Gasteiger partial charge >= 0.3 is 5.97 Å². The summed E-state index contributed by atoms with van der Waals surface area (Å²) >= 11 is 0. The maximum atomic E-state index is 12.9. The van der Waals surface area contributed by atoms with Gasteiger partial charge in [0, 0.05) is 23.8 Å². The summed E-state index contributed by atoms with van der Waals surface area (Å²) in [6.07, 6.45) is -5.97.